The van der Waals surface area contributed by atoms with Crippen LogP contribution in [0, 0.1) is 0 Å². The molecule has 2 fully saturated rings. The van der Waals surface area contributed by atoms with Crippen LogP contribution in [-0.2, 0) is 4.79 Å². The van der Waals surface area contributed by atoms with Crippen LogP contribution in [0.15, 0.2) is 23.2 Å². The number of anilines is 1. The molecule has 27 heavy (non-hydrogen) atoms. The van der Waals surface area contributed by atoms with Crippen molar-refractivity contribution in [3.8, 4) is 11.5 Å². The summed E-state index contributed by atoms with van der Waals surface area (Å²) in [6.07, 6.45) is 6.78. The average molecular weight is 412 g/mol. The molecule has 1 aromatic rings. The molecule has 2 aliphatic heterocycles. The van der Waals surface area contributed by atoms with Crippen molar-refractivity contribution >= 4 is 40.9 Å². The molecule has 4 rings (SSSR count). The Bertz CT molecular complexity index is 709. The summed E-state index contributed by atoms with van der Waals surface area (Å²) in [5.74, 6) is 2.33. The third-order valence-electron chi connectivity index (χ3n) is 5.20. The Hall–Kier alpha value is -1.60. The topological polar surface area (TPSA) is 63.2 Å². The molecule has 0 spiro atoms. The van der Waals surface area contributed by atoms with Gasteiger partial charge in [0.15, 0.2) is 16.7 Å². The van der Waals surface area contributed by atoms with Gasteiger partial charge in [0.1, 0.15) is 0 Å². The number of nitrogens with one attached hydrogen (secondary N) is 1. The Balaban J connectivity index is 0.00000210. The number of hydrogen-bond acceptors (Lipinski definition) is 5. The van der Waals surface area contributed by atoms with Gasteiger partial charge in [-0.1, -0.05) is 31.0 Å². The second-order valence-electron chi connectivity index (χ2n) is 7.10. The number of hydrogen-bond donors (Lipinski definition) is 1. The highest BCUT2D eigenvalue weighted by molar-refractivity contribution is 8.14. The maximum Gasteiger partial charge on any atom is 0.231 e. The molecule has 1 saturated heterocycles. The standard InChI is InChI=1S/C19H25N3O3S.ClH/c1-22-15(11-26-19(22)21-13-5-3-2-4-6-13)10-18(23)20-14-7-8-16-17(9-14)25-12-24-16;/h7-9,13,15H,2-6,10-12H2,1H3,(H,20,23);1H. The van der Waals surface area contributed by atoms with Crippen molar-refractivity contribution < 1.29 is 14.3 Å². The monoisotopic (exact) mass is 411 g/mol. The lowest BCUT2D eigenvalue weighted by molar-refractivity contribution is -0.116. The summed E-state index contributed by atoms with van der Waals surface area (Å²) in [6, 6.07) is 6.13. The van der Waals surface area contributed by atoms with E-state index in [0.29, 0.717) is 18.2 Å². The summed E-state index contributed by atoms with van der Waals surface area (Å²) >= 11 is 1.78. The van der Waals surface area contributed by atoms with Crippen LogP contribution in [0.2, 0.25) is 0 Å². The molecule has 1 unspecified atom stereocenters. The Morgan fingerprint density at radius 3 is 2.85 bits per heavy atom. The first-order valence-corrected chi connectivity index (χ1v) is 10.3. The molecule has 2 heterocycles. The number of fused-ring (bicyclic) bond motifs is 1. The van der Waals surface area contributed by atoms with Crippen molar-refractivity contribution in [1.29, 1.82) is 0 Å². The predicted octanol–water partition coefficient (Wildman–Crippen LogP) is 3.90. The lowest BCUT2D eigenvalue weighted by Crippen LogP contribution is -2.34. The lowest BCUT2D eigenvalue weighted by atomic mass is 9.96. The van der Waals surface area contributed by atoms with Crippen LogP contribution in [0.5, 0.6) is 11.5 Å². The maximum atomic E-state index is 12.5. The van der Waals surface area contributed by atoms with E-state index >= 15 is 0 Å². The van der Waals surface area contributed by atoms with E-state index in [2.05, 4.69) is 17.3 Å². The number of thioether (sulfide) groups is 1. The number of rotatable bonds is 4. The van der Waals surface area contributed by atoms with Gasteiger partial charge in [-0.05, 0) is 25.0 Å². The molecule has 0 bridgehead atoms. The predicted molar refractivity (Wildman–Crippen MR) is 111 cm³/mol. The molecule has 1 saturated carbocycles. The van der Waals surface area contributed by atoms with Gasteiger partial charge < -0.3 is 19.7 Å². The molecule has 148 valence electrons. The molecule has 0 radical (unpaired) electrons. The summed E-state index contributed by atoms with van der Waals surface area (Å²) in [6.45, 7) is 0.236. The maximum absolute atomic E-state index is 12.5. The van der Waals surface area contributed by atoms with Gasteiger partial charge in [0.2, 0.25) is 12.7 Å². The molecule has 0 aromatic heterocycles. The number of ether oxygens (including phenoxy) is 2. The molecular formula is C19H26ClN3O3S. The zero-order valence-electron chi connectivity index (χ0n) is 15.5. The van der Waals surface area contributed by atoms with Gasteiger partial charge in [-0.2, -0.15) is 0 Å². The number of amides is 1. The van der Waals surface area contributed by atoms with Gasteiger partial charge in [-0.15, -0.1) is 12.4 Å². The Labute approximate surface area is 170 Å². The van der Waals surface area contributed by atoms with E-state index in [1.54, 1.807) is 11.8 Å². The Morgan fingerprint density at radius 2 is 2.04 bits per heavy atom. The molecule has 6 nitrogen and oxygen atoms in total. The molecule has 1 aliphatic carbocycles. The molecule has 1 aromatic carbocycles. The normalized spacial score (nSPS) is 23.4. The number of aliphatic imine (C=N–C) groups is 1. The summed E-state index contributed by atoms with van der Waals surface area (Å²) in [5.41, 5.74) is 0.739. The number of amidine groups is 1. The number of carbonyl (C=O) groups is 1. The second kappa shape index (κ2) is 9.06. The molecule has 8 heteroatoms. The van der Waals surface area contributed by atoms with E-state index in [4.69, 9.17) is 14.5 Å². The highest BCUT2D eigenvalue weighted by Crippen LogP contribution is 2.34. The van der Waals surface area contributed by atoms with Crippen LogP contribution < -0.4 is 14.8 Å². The molecule has 1 amide bonds. The van der Waals surface area contributed by atoms with Crippen molar-refractivity contribution in [1.82, 2.24) is 4.90 Å². The average Bonchev–Trinajstić information content (AvgIpc) is 3.24. The van der Waals surface area contributed by atoms with Crippen molar-refractivity contribution in [2.75, 3.05) is 24.9 Å². The first kappa shape index (κ1) is 20.1. The molecule has 1 N–H and O–H groups in total. The molecular weight excluding hydrogens is 386 g/mol. The summed E-state index contributed by atoms with van der Waals surface area (Å²) in [4.78, 5) is 19.6. The van der Waals surface area contributed by atoms with E-state index in [1.807, 2.05) is 18.2 Å². The fraction of sp³-hybridized carbons (Fsp3) is 0.579. The SMILES string of the molecule is CN1C(=NC2CCCCC2)SCC1CC(=O)Nc1ccc2c(c1)OCO2.Cl. The minimum absolute atomic E-state index is 0. The van der Waals surface area contributed by atoms with E-state index in [9.17, 15) is 4.79 Å². The van der Waals surface area contributed by atoms with Crippen LogP contribution in [-0.4, -0.2) is 47.7 Å². The largest absolute Gasteiger partial charge is 0.454 e. The van der Waals surface area contributed by atoms with E-state index < -0.39 is 0 Å². The van der Waals surface area contributed by atoms with Crippen LogP contribution >= 0.6 is 24.2 Å². The quantitative estimate of drug-likeness (QED) is 0.813. The van der Waals surface area contributed by atoms with Crippen molar-refractivity contribution in [2.24, 2.45) is 4.99 Å². The van der Waals surface area contributed by atoms with Gasteiger partial charge >= 0.3 is 0 Å². The number of halogens is 1. The van der Waals surface area contributed by atoms with Crippen LogP contribution in [0.4, 0.5) is 5.69 Å². The molecule has 3 aliphatic rings. The van der Waals surface area contributed by atoms with Gasteiger partial charge in [-0.3, -0.25) is 9.79 Å². The Kier molecular flexibility index (Phi) is 6.76. The van der Waals surface area contributed by atoms with E-state index in [-0.39, 0.29) is 31.1 Å². The zero-order valence-corrected chi connectivity index (χ0v) is 17.1. The zero-order chi connectivity index (χ0) is 17.9. The Morgan fingerprint density at radius 1 is 1.26 bits per heavy atom. The van der Waals surface area contributed by atoms with Gasteiger partial charge in [0.05, 0.1) is 6.04 Å². The van der Waals surface area contributed by atoms with Crippen LogP contribution in [0.3, 0.4) is 0 Å². The summed E-state index contributed by atoms with van der Waals surface area (Å²) in [7, 11) is 2.06. The lowest BCUT2D eigenvalue weighted by Gasteiger charge is -2.23. The number of benzene rings is 1. The first-order chi connectivity index (χ1) is 12.7. The fourth-order valence-corrected chi connectivity index (χ4v) is 4.89. The van der Waals surface area contributed by atoms with Crippen molar-refractivity contribution in [3.05, 3.63) is 18.2 Å². The highest BCUT2D eigenvalue weighted by atomic mass is 35.5. The van der Waals surface area contributed by atoms with Gasteiger partial charge in [0, 0.05) is 37.0 Å². The van der Waals surface area contributed by atoms with E-state index in [0.717, 1.165) is 22.4 Å². The van der Waals surface area contributed by atoms with E-state index in [1.165, 1.54) is 32.1 Å². The fourth-order valence-electron chi connectivity index (χ4n) is 3.63. The smallest absolute Gasteiger partial charge is 0.231 e. The molecule has 1 atom stereocenters. The number of nitrogens with zero attached hydrogens (tertiary/aromatic N) is 2. The summed E-state index contributed by atoms with van der Waals surface area (Å²) in [5, 5.41) is 4.06. The van der Waals surface area contributed by atoms with Crippen molar-refractivity contribution in [3.63, 3.8) is 0 Å². The highest BCUT2D eigenvalue weighted by Gasteiger charge is 2.30. The second-order valence-corrected chi connectivity index (χ2v) is 8.09. The minimum Gasteiger partial charge on any atom is -0.454 e. The first-order valence-electron chi connectivity index (χ1n) is 9.32. The third kappa shape index (κ3) is 4.82. The minimum atomic E-state index is 0. The van der Waals surface area contributed by atoms with Gasteiger partial charge in [-0.25, -0.2) is 0 Å². The number of carbonyl (C=O) groups excluding carboxylic acids is 1. The third-order valence-corrected chi connectivity index (χ3v) is 6.40. The van der Waals surface area contributed by atoms with Crippen LogP contribution in [0.25, 0.3) is 0 Å². The summed E-state index contributed by atoms with van der Waals surface area (Å²) < 4.78 is 10.7. The van der Waals surface area contributed by atoms with Crippen LogP contribution in [0.1, 0.15) is 38.5 Å². The van der Waals surface area contributed by atoms with Gasteiger partial charge in [0.25, 0.3) is 0 Å². The van der Waals surface area contributed by atoms with Crippen molar-refractivity contribution in [2.45, 2.75) is 50.6 Å².